The molecule has 1 atom stereocenters. The average Bonchev–Trinajstić information content (AvgIpc) is 2.82. The van der Waals surface area contributed by atoms with Crippen molar-refractivity contribution in [2.24, 2.45) is 0 Å². The van der Waals surface area contributed by atoms with Gasteiger partial charge >= 0.3 is 5.97 Å². The van der Waals surface area contributed by atoms with E-state index in [1.54, 1.807) is 0 Å². The molecule has 0 spiro atoms. The number of aliphatic carboxylic acids is 1. The van der Waals surface area contributed by atoms with Gasteiger partial charge in [0.05, 0.1) is 15.6 Å². The number of anilines is 1. The molecular formula is C11H13ClN2O4S. The van der Waals surface area contributed by atoms with Gasteiger partial charge in [-0.3, -0.25) is 4.79 Å². The van der Waals surface area contributed by atoms with Crippen molar-refractivity contribution in [2.75, 3.05) is 12.3 Å². The maximum absolute atomic E-state index is 12.4. The number of nitrogens with zero attached hydrogens (tertiary/aromatic N) is 1. The maximum Gasteiger partial charge on any atom is 0.322 e. The number of carboxylic acids is 1. The molecule has 1 aliphatic rings. The Morgan fingerprint density at radius 1 is 1.47 bits per heavy atom. The van der Waals surface area contributed by atoms with Crippen LogP contribution in [0.25, 0.3) is 0 Å². The van der Waals surface area contributed by atoms with Crippen molar-refractivity contribution in [2.45, 2.75) is 23.8 Å². The van der Waals surface area contributed by atoms with Crippen LogP contribution >= 0.6 is 11.6 Å². The summed E-state index contributed by atoms with van der Waals surface area (Å²) in [5.41, 5.74) is 5.73. The quantitative estimate of drug-likeness (QED) is 0.816. The molecule has 0 saturated carbocycles. The topological polar surface area (TPSA) is 101 Å². The number of carbonyl (C=O) groups is 1. The van der Waals surface area contributed by atoms with E-state index in [4.69, 9.17) is 22.4 Å². The van der Waals surface area contributed by atoms with E-state index in [0.717, 1.165) is 4.31 Å². The van der Waals surface area contributed by atoms with Crippen molar-refractivity contribution < 1.29 is 18.3 Å². The second kappa shape index (κ2) is 4.99. The second-order valence-corrected chi connectivity index (χ2v) is 6.59. The largest absolute Gasteiger partial charge is 0.480 e. The number of hydrogen-bond acceptors (Lipinski definition) is 4. The molecule has 1 aromatic rings. The predicted octanol–water partition coefficient (Wildman–Crippen LogP) is 1.16. The Hall–Kier alpha value is -1.31. The summed E-state index contributed by atoms with van der Waals surface area (Å²) >= 11 is 5.74. The fourth-order valence-electron chi connectivity index (χ4n) is 2.09. The molecule has 6 nitrogen and oxygen atoms in total. The summed E-state index contributed by atoms with van der Waals surface area (Å²) in [5.74, 6) is -1.14. The van der Waals surface area contributed by atoms with Crippen LogP contribution in [0.2, 0.25) is 5.02 Å². The third-order valence-electron chi connectivity index (χ3n) is 3.06. The van der Waals surface area contributed by atoms with Crippen LogP contribution in [0.1, 0.15) is 12.8 Å². The Balaban J connectivity index is 2.42. The van der Waals surface area contributed by atoms with Crippen LogP contribution in [0.15, 0.2) is 23.1 Å². The van der Waals surface area contributed by atoms with Crippen LogP contribution in [0.3, 0.4) is 0 Å². The third kappa shape index (κ3) is 2.54. The molecule has 0 aromatic heterocycles. The summed E-state index contributed by atoms with van der Waals surface area (Å²) in [7, 11) is -3.86. The summed E-state index contributed by atoms with van der Waals surface area (Å²) in [5, 5.41) is 9.30. The van der Waals surface area contributed by atoms with Gasteiger partial charge in [0.15, 0.2) is 0 Å². The lowest BCUT2D eigenvalue weighted by atomic mass is 10.2. The van der Waals surface area contributed by atoms with Crippen LogP contribution in [-0.2, 0) is 14.8 Å². The number of hydrogen-bond donors (Lipinski definition) is 2. The first kappa shape index (κ1) is 14.1. The van der Waals surface area contributed by atoms with Crippen LogP contribution in [-0.4, -0.2) is 36.4 Å². The molecule has 8 heteroatoms. The molecule has 0 amide bonds. The first-order chi connectivity index (χ1) is 8.84. The molecule has 2 rings (SSSR count). The highest BCUT2D eigenvalue weighted by atomic mass is 35.5. The minimum Gasteiger partial charge on any atom is -0.480 e. The summed E-state index contributed by atoms with van der Waals surface area (Å²) in [6, 6.07) is 2.94. The van der Waals surface area contributed by atoms with Gasteiger partial charge in [-0.15, -0.1) is 0 Å². The number of benzene rings is 1. The molecule has 3 N–H and O–H groups in total. The molecule has 0 radical (unpaired) electrons. The molecular weight excluding hydrogens is 292 g/mol. The lowest BCUT2D eigenvalue weighted by Crippen LogP contribution is -2.40. The van der Waals surface area contributed by atoms with Gasteiger partial charge in [-0.25, -0.2) is 8.42 Å². The number of sulfonamides is 1. The van der Waals surface area contributed by atoms with Gasteiger partial charge in [0.25, 0.3) is 0 Å². The minimum atomic E-state index is -3.86. The number of nitrogens with two attached hydrogens (primary N) is 1. The van der Waals surface area contributed by atoms with Crippen molar-refractivity contribution in [1.29, 1.82) is 0 Å². The fraction of sp³-hybridized carbons (Fsp3) is 0.364. The highest BCUT2D eigenvalue weighted by molar-refractivity contribution is 7.89. The van der Waals surface area contributed by atoms with Gasteiger partial charge in [-0.1, -0.05) is 11.6 Å². The van der Waals surface area contributed by atoms with Crippen LogP contribution in [0.5, 0.6) is 0 Å². The summed E-state index contributed by atoms with van der Waals surface area (Å²) in [6.45, 7) is 0.196. The van der Waals surface area contributed by atoms with Gasteiger partial charge in [0.1, 0.15) is 6.04 Å². The number of nitrogen functional groups attached to an aromatic ring is 1. The number of rotatable bonds is 3. The van der Waals surface area contributed by atoms with E-state index in [2.05, 4.69) is 0 Å². The standard InChI is InChI=1S/C11H13ClN2O4S/c12-8-4-3-7(6-9(8)13)19(17,18)14-5-1-2-10(14)11(15)16/h3-4,6,10H,1-2,5,13H2,(H,15,16)/t10-/m0/s1. The SMILES string of the molecule is Nc1cc(S(=O)(=O)N2CCC[C@H]2C(=O)O)ccc1Cl. The van der Waals surface area contributed by atoms with Gasteiger partial charge in [-0.05, 0) is 31.0 Å². The Morgan fingerprint density at radius 2 is 2.16 bits per heavy atom. The van der Waals surface area contributed by atoms with E-state index in [0.29, 0.717) is 12.8 Å². The van der Waals surface area contributed by atoms with E-state index in [9.17, 15) is 13.2 Å². The lowest BCUT2D eigenvalue weighted by Gasteiger charge is -2.21. The summed E-state index contributed by atoms with van der Waals surface area (Å²) in [4.78, 5) is 11.0. The first-order valence-corrected chi connectivity index (χ1v) is 7.45. The lowest BCUT2D eigenvalue weighted by molar-refractivity contribution is -0.140. The Labute approximate surface area is 115 Å². The van der Waals surface area contributed by atoms with Gasteiger partial charge in [0, 0.05) is 6.54 Å². The van der Waals surface area contributed by atoms with Crippen molar-refractivity contribution in [3.8, 4) is 0 Å². The van der Waals surface area contributed by atoms with E-state index >= 15 is 0 Å². The molecule has 19 heavy (non-hydrogen) atoms. The number of halogens is 1. The molecule has 0 bridgehead atoms. The van der Waals surface area contributed by atoms with Gasteiger partial charge in [-0.2, -0.15) is 4.31 Å². The van der Waals surface area contributed by atoms with Gasteiger partial charge in [0.2, 0.25) is 10.0 Å². The Morgan fingerprint density at radius 3 is 2.74 bits per heavy atom. The first-order valence-electron chi connectivity index (χ1n) is 5.63. The zero-order valence-corrected chi connectivity index (χ0v) is 11.5. The zero-order valence-electron chi connectivity index (χ0n) is 9.91. The maximum atomic E-state index is 12.4. The third-order valence-corrected chi connectivity index (χ3v) is 5.31. The van der Waals surface area contributed by atoms with Crippen molar-refractivity contribution in [3.05, 3.63) is 23.2 Å². The highest BCUT2D eigenvalue weighted by Gasteiger charge is 2.39. The predicted molar refractivity (Wildman–Crippen MR) is 70.4 cm³/mol. The van der Waals surface area contributed by atoms with Gasteiger partial charge < -0.3 is 10.8 Å². The van der Waals surface area contributed by atoms with Crippen molar-refractivity contribution in [3.63, 3.8) is 0 Å². The number of carboxylic acid groups (broad SMARTS) is 1. The smallest absolute Gasteiger partial charge is 0.322 e. The summed E-state index contributed by atoms with van der Waals surface area (Å²) in [6.07, 6.45) is 0.844. The monoisotopic (exact) mass is 304 g/mol. The molecule has 1 aliphatic heterocycles. The Bertz CT molecular complexity index is 617. The molecule has 1 fully saturated rings. The van der Waals surface area contributed by atoms with E-state index < -0.39 is 22.0 Å². The highest BCUT2D eigenvalue weighted by Crippen LogP contribution is 2.29. The minimum absolute atomic E-state index is 0.0393. The van der Waals surface area contributed by atoms with Crippen molar-refractivity contribution >= 4 is 33.3 Å². The fourth-order valence-corrected chi connectivity index (χ4v) is 3.90. The molecule has 0 aliphatic carbocycles. The van der Waals surface area contributed by atoms with Crippen molar-refractivity contribution in [1.82, 2.24) is 4.31 Å². The zero-order chi connectivity index (χ0) is 14.2. The molecule has 104 valence electrons. The second-order valence-electron chi connectivity index (χ2n) is 4.30. The summed E-state index contributed by atoms with van der Waals surface area (Å²) < 4.78 is 25.8. The normalized spacial score (nSPS) is 20.6. The van der Waals surface area contributed by atoms with E-state index in [1.165, 1.54) is 18.2 Å². The molecule has 1 saturated heterocycles. The average molecular weight is 305 g/mol. The van der Waals surface area contributed by atoms with E-state index in [-0.39, 0.29) is 22.2 Å². The van der Waals surface area contributed by atoms with Crippen LogP contribution in [0.4, 0.5) is 5.69 Å². The van der Waals surface area contributed by atoms with Crippen LogP contribution < -0.4 is 5.73 Å². The van der Waals surface area contributed by atoms with E-state index in [1.807, 2.05) is 0 Å². The molecule has 0 unspecified atom stereocenters. The Kier molecular flexibility index (Phi) is 3.71. The van der Waals surface area contributed by atoms with Crippen LogP contribution in [0, 0.1) is 0 Å². The molecule has 1 aromatic carbocycles. The molecule has 1 heterocycles.